The number of hydrogen-bond donors (Lipinski definition) is 1. The third-order valence-corrected chi connectivity index (χ3v) is 4.75. The largest absolute Gasteiger partial charge is 0.493 e. The minimum absolute atomic E-state index is 0.156. The molecule has 0 saturated carbocycles. The lowest BCUT2D eigenvalue weighted by Gasteiger charge is -2.16. The number of nitrogen functional groups attached to an aromatic ring is 1. The van der Waals surface area contributed by atoms with Crippen LogP contribution < -0.4 is 19.9 Å². The van der Waals surface area contributed by atoms with Crippen molar-refractivity contribution in [1.29, 1.82) is 5.26 Å². The predicted molar refractivity (Wildman–Crippen MR) is 112 cm³/mol. The number of aromatic nitrogens is 1. The van der Waals surface area contributed by atoms with Crippen molar-refractivity contribution in [3.05, 3.63) is 52.5 Å². The second kappa shape index (κ2) is 8.19. The highest BCUT2D eigenvalue weighted by Crippen LogP contribution is 2.43. The molecular formula is C21H18BrN3O3. The summed E-state index contributed by atoms with van der Waals surface area (Å²) in [6, 6.07) is 15.2. The highest BCUT2D eigenvalue weighted by atomic mass is 79.9. The molecule has 3 rings (SSSR count). The van der Waals surface area contributed by atoms with Crippen LogP contribution in [0.4, 0.5) is 5.82 Å². The van der Waals surface area contributed by atoms with Crippen LogP contribution >= 0.6 is 15.9 Å². The third-order valence-electron chi connectivity index (χ3n) is 4.26. The standard InChI is InChI=1S/C21H18BrN3O3/c1-26-18-8-13(9-19(27-2)20(18)28-3)15-10-17(25-21(24)16(15)11-23)12-5-4-6-14(22)7-12/h4-10H,1-3H3,(H2,24,25). The number of methoxy groups -OCH3 is 3. The van der Waals surface area contributed by atoms with Crippen LogP contribution in [-0.4, -0.2) is 26.3 Å². The van der Waals surface area contributed by atoms with E-state index in [1.54, 1.807) is 26.4 Å². The summed E-state index contributed by atoms with van der Waals surface area (Å²) in [5, 5.41) is 9.66. The van der Waals surface area contributed by atoms with Gasteiger partial charge in [0, 0.05) is 15.6 Å². The number of rotatable bonds is 5. The summed E-state index contributed by atoms with van der Waals surface area (Å²) in [6.45, 7) is 0. The zero-order valence-corrected chi connectivity index (χ0v) is 17.2. The van der Waals surface area contributed by atoms with Crippen molar-refractivity contribution in [2.75, 3.05) is 27.1 Å². The van der Waals surface area contributed by atoms with E-state index in [2.05, 4.69) is 27.0 Å². The Hall–Kier alpha value is -3.24. The van der Waals surface area contributed by atoms with Crippen molar-refractivity contribution in [3.63, 3.8) is 0 Å². The number of anilines is 1. The molecule has 0 atom stereocenters. The van der Waals surface area contributed by atoms with Crippen LogP contribution in [-0.2, 0) is 0 Å². The molecule has 0 bridgehead atoms. The fourth-order valence-corrected chi connectivity index (χ4v) is 3.34. The summed E-state index contributed by atoms with van der Waals surface area (Å²) < 4.78 is 17.2. The lowest BCUT2D eigenvalue weighted by molar-refractivity contribution is 0.324. The zero-order chi connectivity index (χ0) is 20.3. The number of halogens is 1. The second-order valence-electron chi connectivity index (χ2n) is 5.85. The van der Waals surface area contributed by atoms with E-state index in [9.17, 15) is 5.26 Å². The molecule has 0 radical (unpaired) electrons. The van der Waals surface area contributed by atoms with E-state index in [1.807, 2.05) is 30.3 Å². The van der Waals surface area contributed by atoms with Crippen LogP contribution in [0, 0.1) is 11.3 Å². The maximum Gasteiger partial charge on any atom is 0.203 e. The maximum absolute atomic E-state index is 9.66. The minimum Gasteiger partial charge on any atom is -0.493 e. The lowest BCUT2D eigenvalue weighted by Crippen LogP contribution is -2.01. The van der Waals surface area contributed by atoms with Gasteiger partial charge in [0.2, 0.25) is 5.75 Å². The predicted octanol–water partition coefficient (Wildman–Crippen LogP) is 4.66. The first-order chi connectivity index (χ1) is 13.5. The molecule has 0 spiro atoms. The molecule has 0 aliphatic carbocycles. The van der Waals surface area contributed by atoms with Crippen LogP contribution in [0.1, 0.15) is 5.56 Å². The van der Waals surface area contributed by atoms with Gasteiger partial charge in [0.15, 0.2) is 11.5 Å². The first-order valence-corrected chi connectivity index (χ1v) is 9.08. The molecule has 1 aromatic heterocycles. The summed E-state index contributed by atoms with van der Waals surface area (Å²) in [7, 11) is 4.62. The van der Waals surface area contributed by atoms with Crippen molar-refractivity contribution >= 4 is 21.7 Å². The van der Waals surface area contributed by atoms with E-state index in [-0.39, 0.29) is 11.4 Å². The first-order valence-electron chi connectivity index (χ1n) is 8.29. The number of nitriles is 1. The summed E-state index contributed by atoms with van der Waals surface area (Å²) in [4.78, 5) is 4.41. The number of nitrogens with zero attached hydrogens (tertiary/aromatic N) is 2. The number of nitrogens with two attached hydrogens (primary N) is 1. The number of pyridine rings is 1. The molecule has 7 heteroatoms. The molecule has 0 aliphatic heterocycles. The summed E-state index contributed by atoms with van der Waals surface area (Å²) >= 11 is 3.46. The Labute approximate surface area is 171 Å². The first kappa shape index (κ1) is 19.5. The van der Waals surface area contributed by atoms with Gasteiger partial charge in [0.05, 0.1) is 27.0 Å². The van der Waals surface area contributed by atoms with Crippen LogP contribution in [0.3, 0.4) is 0 Å². The minimum atomic E-state index is 0.156. The van der Waals surface area contributed by atoms with Crippen LogP contribution in [0.15, 0.2) is 46.9 Å². The van der Waals surface area contributed by atoms with Crippen LogP contribution in [0.5, 0.6) is 17.2 Å². The quantitative estimate of drug-likeness (QED) is 0.621. The normalized spacial score (nSPS) is 10.2. The number of benzene rings is 2. The fraction of sp³-hybridized carbons (Fsp3) is 0.143. The molecule has 0 unspecified atom stereocenters. The Morgan fingerprint density at radius 1 is 0.964 bits per heavy atom. The molecule has 0 fully saturated rings. The van der Waals surface area contributed by atoms with E-state index in [0.29, 0.717) is 34.1 Å². The van der Waals surface area contributed by atoms with Gasteiger partial charge >= 0.3 is 0 Å². The number of ether oxygens (including phenoxy) is 3. The van der Waals surface area contributed by atoms with E-state index in [1.165, 1.54) is 7.11 Å². The topological polar surface area (TPSA) is 90.4 Å². The average Bonchev–Trinajstić information content (AvgIpc) is 2.71. The highest BCUT2D eigenvalue weighted by molar-refractivity contribution is 9.10. The number of hydrogen-bond acceptors (Lipinski definition) is 6. The van der Waals surface area contributed by atoms with Gasteiger partial charge in [-0.25, -0.2) is 4.98 Å². The molecule has 3 aromatic rings. The molecule has 6 nitrogen and oxygen atoms in total. The molecule has 1 heterocycles. The van der Waals surface area contributed by atoms with Crippen molar-refractivity contribution in [2.45, 2.75) is 0 Å². The molecule has 28 heavy (non-hydrogen) atoms. The molecule has 0 amide bonds. The smallest absolute Gasteiger partial charge is 0.203 e. The zero-order valence-electron chi connectivity index (χ0n) is 15.6. The Kier molecular flexibility index (Phi) is 5.71. The molecule has 0 aliphatic rings. The maximum atomic E-state index is 9.66. The van der Waals surface area contributed by atoms with Gasteiger partial charge in [-0.2, -0.15) is 5.26 Å². The van der Waals surface area contributed by atoms with Crippen molar-refractivity contribution in [1.82, 2.24) is 4.98 Å². The van der Waals surface area contributed by atoms with E-state index < -0.39 is 0 Å². The van der Waals surface area contributed by atoms with Gasteiger partial charge in [0.1, 0.15) is 17.5 Å². The Morgan fingerprint density at radius 2 is 1.64 bits per heavy atom. The molecule has 142 valence electrons. The lowest BCUT2D eigenvalue weighted by atomic mass is 9.97. The highest BCUT2D eigenvalue weighted by Gasteiger charge is 2.19. The van der Waals surface area contributed by atoms with Gasteiger partial charge in [-0.1, -0.05) is 28.1 Å². The average molecular weight is 440 g/mol. The fourth-order valence-electron chi connectivity index (χ4n) is 2.94. The van der Waals surface area contributed by atoms with Gasteiger partial charge in [-0.15, -0.1) is 0 Å². The molecular weight excluding hydrogens is 422 g/mol. The second-order valence-corrected chi connectivity index (χ2v) is 6.77. The van der Waals surface area contributed by atoms with E-state index in [4.69, 9.17) is 19.9 Å². The Bertz CT molecular complexity index is 1050. The van der Waals surface area contributed by atoms with Crippen molar-refractivity contribution in [2.24, 2.45) is 0 Å². The SMILES string of the molecule is COc1cc(-c2cc(-c3cccc(Br)c3)nc(N)c2C#N)cc(OC)c1OC. The van der Waals surface area contributed by atoms with E-state index in [0.717, 1.165) is 10.0 Å². The third kappa shape index (κ3) is 3.59. The van der Waals surface area contributed by atoms with Crippen LogP contribution in [0.2, 0.25) is 0 Å². The van der Waals surface area contributed by atoms with Gasteiger partial charge in [-0.3, -0.25) is 0 Å². The van der Waals surface area contributed by atoms with E-state index >= 15 is 0 Å². The molecule has 2 aromatic carbocycles. The summed E-state index contributed by atoms with van der Waals surface area (Å²) in [5.41, 5.74) is 9.26. The van der Waals surface area contributed by atoms with Crippen LogP contribution in [0.25, 0.3) is 22.4 Å². The Morgan fingerprint density at radius 3 is 2.18 bits per heavy atom. The van der Waals surface area contributed by atoms with Crippen molar-refractivity contribution < 1.29 is 14.2 Å². The van der Waals surface area contributed by atoms with Gasteiger partial charge in [-0.05, 0) is 35.9 Å². The van der Waals surface area contributed by atoms with Gasteiger partial charge in [0.25, 0.3) is 0 Å². The van der Waals surface area contributed by atoms with Gasteiger partial charge < -0.3 is 19.9 Å². The monoisotopic (exact) mass is 439 g/mol. The summed E-state index contributed by atoms with van der Waals surface area (Å²) in [6.07, 6.45) is 0. The molecule has 0 saturated heterocycles. The Balaban J connectivity index is 2.28. The molecule has 2 N–H and O–H groups in total. The summed E-state index contributed by atoms with van der Waals surface area (Å²) in [5.74, 6) is 1.60. The van der Waals surface area contributed by atoms with Crippen molar-refractivity contribution in [3.8, 4) is 45.7 Å².